The molecule has 1 aromatic heterocycles. The van der Waals surface area contributed by atoms with Crippen molar-refractivity contribution < 1.29 is 0 Å². The van der Waals surface area contributed by atoms with Crippen LogP contribution < -0.4 is 5.73 Å². The van der Waals surface area contributed by atoms with Gasteiger partial charge in [-0.2, -0.15) is 0 Å². The predicted octanol–water partition coefficient (Wildman–Crippen LogP) is 2.48. The zero-order valence-electron chi connectivity index (χ0n) is 9.52. The molecule has 0 aliphatic carbocycles. The molecule has 1 saturated heterocycles. The minimum absolute atomic E-state index is 0.360. The molecule has 2 heterocycles. The average molecular weight is 224 g/mol. The smallest absolute Gasteiger partial charge is 0.0439 e. The zero-order chi connectivity index (χ0) is 10.8. The fourth-order valence-corrected chi connectivity index (χ4v) is 3.35. The van der Waals surface area contributed by atoms with Crippen LogP contribution in [0.25, 0.3) is 0 Å². The van der Waals surface area contributed by atoms with Gasteiger partial charge in [-0.05, 0) is 23.8 Å². The Morgan fingerprint density at radius 3 is 2.87 bits per heavy atom. The van der Waals surface area contributed by atoms with Crippen LogP contribution >= 0.6 is 11.3 Å². The van der Waals surface area contributed by atoms with E-state index in [9.17, 15) is 0 Å². The molecule has 2 rings (SSSR count). The summed E-state index contributed by atoms with van der Waals surface area (Å²) in [6.45, 7) is 6.72. The van der Waals surface area contributed by atoms with Gasteiger partial charge >= 0.3 is 0 Å². The second-order valence-electron chi connectivity index (χ2n) is 4.53. The maximum Gasteiger partial charge on any atom is 0.0439 e. The summed E-state index contributed by atoms with van der Waals surface area (Å²) >= 11 is 1.86. The summed E-state index contributed by atoms with van der Waals surface area (Å²) in [5.41, 5.74) is 6.08. The van der Waals surface area contributed by atoms with Gasteiger partial charge in [0.15, 0.2) is 0 Å². The fraction of sp³-hybridized carbons (Fsp3) is 0.667. The third kappa shape index (κ3) is 2.25. The molecule has 0 amide bonds. The van der Waals surface area contributed by atoms with Crippen LogP contribution in [-0.4, -0.2) is 24.0 Å². The largest absolute Gasteiger partial charge is 0.326 e. The van der Waals surface area contributed by atoms with Crippen molar-refractivity contribution in [3.63, 3.8) is 0 Å². The summed E-state index contributed by atoms with van der Waals surface area (Å²) < 4.78 is 0. The Morgan fingerprint density at radius 2 is 2.40 bits per heavy atom. The summed E-state index contributed by atoms with van der Waals surface area (Å²) in [4.78, 5) is 4.03. The number of rotatable bonds is 3. The van der Waals surface area contributed by atoms with Gasteiger partial charge in [0.25, 0.3) is 0 Å². The van der Waals surface area contributed by atoms with Crippen LogP contribution in [0.15, 0.2) is 17.5 Å². The quantitative estimate of drug-likeness (QED) is 0.854. The third-order valence-corrected chi connectivity index (χ3v) is 4.37. The fourth-order valence-electron chi connectivity index (χ4n) is 2.41. The van der Waals surface area contributed by atoms with E-state index in [4.69, 9.17) is 5.73 Å². The topological polar surface area (TPSA) is 29.3 Å². The number of thiophene rings is 1. The van der Waals surface area contributed by atoms with E-state index in [2.05, 4.69) is 36.3 Å². The molecule has 0 aromatic carbocycles. The van der Waals surface area contributed by atoms with Gasteiger partial charge < -0.3 is 5.73 Å². The molecule has 15 heavy (non-hydrogen) atoms. The highest BCUT2D eigenvalue weighted by atomic mass is 32.1. The van der Waals surface area contributed by atoms with E-state index >= 15 is 0 Å². The summed E-state index contributed by atoms with van der Waals surface area (Å²) in [6, 6.07) is 5.33. The molecule has 3 atom stereocenters. The number of nitrogens with two attached hydrogens (primary N) is 1. The first kappa shape index (κ1) is 11.1. The lowest BCUT2D eigenvalue weighted by molar-refractivity contribution is 0.234. The van der Waals surface area contributed by atoms with E-state index in [0.29, 0.717) is 18.0 Å². The first-order valence-electron chi connectivity index (χ1n) is 5.75. The molecule has 1 fully saturated rings. The van der Waals surface area contributed by atoms with Gasteiger partial charge in [-0.25, -0.2) is 0 Å². The monoisotopic (exact) mass is 224 g/mol. The lowest BCUT2D eigenvalue weighted by Gasteiger charge is -2.25. The number of likely N-dealkylation sites (tertiary alicyclic amines) is 1. The summed E-state index contributed by atoms with van der Waals surface area (Å²) in [5.74, 6) is 0.638. The van der Waals surface area contributed by atoms with E-state index < -0.39 is 0 Å². The van der Waals surface area contributed by atoms with Crippen LogP contribution in [-0.2, 0) is 0 Å². The van der Waals surface area contributed by atoms with Crippen molar-refractivity contribution in [2.45, 2.75) is 32.4 Å². The Labute approximate surface area is 96.1 Å². The Kier molecular flexibility index (Phi) is 3.44. The Bertz CT molecular complexity index is 287. The van der Waals surface area contributed by atoms with Crippen LogP contribution in [0, 0.1) is 5.92 Å². The highest BCUT2D eigenvalue weighted by molar-refractivity contribution is 7.10. The molecule has 84 valence electrons. The summed E-state index contributed by atoms with van der Waals surface area (Å²) in [7, 11) is 0. The second-order valence-corrected chi connectivity index (χ2v) is 5.51. The highest BCUT2D eigenvalue weighted by Gasteiger charge is 2.31. The molecule has 3 heteroatoms. The molecule has 0 spiro atoms. The number of hydrogen-bond donors (Lipinski definition) is 1. The summed E-state index contributed by atoms with van der Waals surface area (Å²) in [6.07, 6.45) is 1.18. The standard InChI is InChI=1S/C12H20N2S/c1-3-11(12-5-4-6-15-12)14-7-9(2)10(13)8-14/h4-6,9-11H,3,7-8,13H2,1-2H3. The third-order valence-electron chi connectivity index (χ3n) is 3.40. The van der Waals surface area contributed by atoms with Crippen molar-refractivity contribution in [3.8, 4) is 0 Å². The molecular weight excluding hydrogens is 204 g/mol. The normalized spacial score (nSPS) is 29.5. The molecule has 0 bridgehead atoms. The van der Waals surface area contributed by atoms with Crippen molar-refractivity contribution in [1.29, 1.82) is 0 Å². The Hall–Kier alpha value is -0.380. The molecular formula is C12H20N2S. The molecule has 0 radical (unpaired) electrons. The van der Waals surface area contributed by atoms with Crippen LogP contribution in [0.4, 0.5) is 0 Å². The van der Waals surface area contributed by atoms with Crippen LogP contribution in [0.1, 0.15) is 31.2 Å². The lowest BCUT2D eigenvalue weighted by Crippen LogP contribution is -2.30. The number of nitrogens with zero attached hydrogens (tertiary/aromatic N) is 1. The molecule has 1 aliphatic rings. The van der Waals surface area contributed by atoms with Crippen molar-refractivity contribution >= 4 is 11.3 Å². The van der Waals surface area contributed by atoms with Gasteiger partial charge in [0.05, 0.1) is 0 Å². The molecule has 0 saturated carbocycles. The molecule has 2 nitrogen and oxygen atoms in total. The molecule has 3 unspecified atom stereocenters. The van der Waals surface area contributed by atoms with Crippen molar-refractivity contribution in [2.75, 3.05) is 13.1 Å². The van der Waals surface area contributed by atoms with E-state index in [1.807, 2.05) is 11.3 Å². The van der Waals surface area contributed by atoms with Gasteiger partial charge in [0, 0.05) is 30.1 Å². The molecule has 1 aromatic rings. The van der Waals surface area contributed by atoms with Crippen LogP contribution in [0.2, 0.25) is 0 Å². The average Bonchev–Trinajstić information content (AvgIpc) is 2.80. The van der Waals surface area contributed by atoms with Gasteiger partial charge in [0.2, 0.25) is 0 Å². The van der Waals surface area contributed by atoms with Crippen LogP contribution in [0.3, 0.4) is 0 Å². The van der Waals surface area contributed by atoms with E-state index in [0.717, 1.165) is 13.1 Å². The summed E-state index contributed by atoms with van der Waals surface area (Å²) in [5, 5.41) is 2.16. The van der Waals surface area contributed by atoms with Gasteiger partial charge in [-0.3, -0.25) is 4.90 Å². The molecule has 2 N–H and O–H groups in total. The van der Waals surface area contributed by atoms with Gasteiger partial charge in [0.1, 0.15) is 0 Å². The van der Waals surface area contributed by atoms with E-state index in [1.165, 1.54) is 11.3 Å². The minimum atomic E-state index is 0.360. The first-order chi connectivity index (χ1) is 7.22. The second kappa shape index (κ2) is 4.64. The lowest BCUT2D eigenvalue weighted by atomic mass is 10.1. The zero-order valence-corrected chi connectivity index (χ0v) is 10.3. The van der Waals surface area contributed by atoms with Gasteiger partial charge in [-0.15, -0.1) is 11.3 Å². The minimum Gasteiger partial charge on any atom is -0.326 e. The van der Waals surface area contributed by atoms with E-state index in [1.54, 1.807) is 0 Å². The SMILES string of the molecule is CCC(c1cccs1)N1CC(C)C(N)C1. The molecule has 1 aliphatic heterocycles. The Balaban J connectivity index is 2.08. The van der Waals surface area contributed by atoms with Crippen molar-refractivity contribution in [2.24, 2.45) is 11.7 Å². The van der Waals surface area contributed by atoms with Gasteiger partial charge in [-0.1, -0.05) is 19.9 Å². The number of hydrogen-bond acceptors (Lipinski definition) is 3. The maximum absolute atomic E-state index is 6.08. The maximum atomic E-state index is 6.08. The highest BCUT2D eigenvalue weighted by Crippen LogP contribution is 2.31. The predicted molar refractivity (Wildman–Crippen MR) is 66.1 cm³/mol. The first-order valence-corrected chi connectivity index (χ1v) is 6.63. The Morgan fingerprint density at radius 1 is 1.60 bits per heavy atom. The van der Waals surface area contributed by atoms with Crippen molar-refractivity contribution in [1.82, 2.24) is 4.90 Å². The van der Waals surface area contributed by atoms with E-state index in [-0.39, 0.29) is 0 Å². The van der Waals surface area contributed by atoms with Crippen molar-refractivity contribution in [3.05, 3.63) is 22.4 Å². The van der Waals surface area contributed by atoms with Crippen LogP contribution in [0.5, 0.6) is 0 Å².